The summed E-state index contributed by atoms with van der Waals surface area (Å²) in [5.41, 5.74) is 10.9. The summed E-state index contributed by atoms with van der Waals surface area (Å²) in [6.45, 7) is 4.09. The molecule has 8 nitrogen and oxygen atoms in total. The number of phenolic OH excluding ortho intramolecular Hbond substituents is 2. The molecule has 0 aliphatic rings. The molecule has 0 spiro atoms. The Hall–Kier alpha value is -2.65. The summed E-state index contributed by atoms with van der Waals surface area (Å²) in [6.07, 6.45) is 1.73. The van der Waals surface area contributed by atoms with Crippen molar-refractivity contribution >= 4 is 24.5 Å². The van der Waals surface area contributed by atoms with Crippen LogP contribution in [0.2, 0.25) is 0 Å². The number of thiol groups is 1. The molecule has 0 bridgehead atoms. The molecule has 0 fully saturated rings. The lowest BCUT2D eigenvalue weighted by atomic mass is 9.99. The van der Waals surface area contributed by atoms with E-state index < -0.39 is 6.03 Å². The molecule has 2 rings (SSSR count). The van der Waals surface area contributed by atoms with Crippen LogP contribution in [0, 0.1) is 0 Å². The molecule has 0 radical (unpaired) electrons. The number of pyridine rings is 1. The minimum atomic E-state index is -0.702. The molecule has 1 aromatic heterocycles. The molecule has 0 unspecified atom stereocenters. The lowest BCUT2D eigenvalue weighted by Crippen LogP contribution is -2.40. The standard InChI is InChI=1S/C11H17N3O3.C7H10N2S/c1-6(2)8-3-7(5-13-14-11(12)17)9(15)4-10(8)16;1-9(2)7-4-3-6(10)5-8-7/h3-4,6,13,15-16H,5H2,1-2H3,(H3,12,14,17);3-5,10H,1-2H3. The quantitative estimate of drug-likeness (QED) is 0.342. The van der Waals surface area contributed by atoms with E-state index in [0.29, 0.717) is 5.56 Å². The number of primary amides is 1. The topological polar surface area (TPSA) is 124 Å². The zero-order chi connectivity index (χ0) is 20.6. The number of amides is 2. The Bertz CT molecular complexity index is 751. The van der Waals surface area contributed by atoms with Crippen molar-refractivity contribution in [3.63, 3.8) is 0 Å². The van der Waals surface area contributed by atoms with Gasteiger partial charge in [0.1, 0.15) is 17.3 Å². The fourth-order valence-electron chi connectivity index (χ4n) is 2.11. The normalized spacial score (nSPS) is 10.1. The number of urea groups is 1. The zero-order valence-electron chi connectivity index (χ0n) is 15.9. The minimum absolute atomic E-state index is 0.0364. The summed E-state index contributed by atoms with van der Waals surface area (Å²) < 4.78 is 0. The van der Waals surface area contributed by atoms with Gasteiger partial charge in [-0.05, 0) is 29.7 Å². The summed E-state index contributed by atoms with van der Waals surface area (Å²) in [5.74, 6) is 1.12. The third-order valence-corrected chi connectivity index (χ3v) is 3.80. The van der Waals surface area contributed by atoms with Crippen LogP contribution < -0.4 is 21.5 Å². The third-order valence-electron chi connectivity index (χ3n) is 3.53. The van der Waals surface area contributed by atoms with Gasteiger partial charge in [-0.15, -0.1) is 12.6 Å². The van der Waals surface area contributed by atoms with Crippen molar-refractivity contribution in [3.05, 3.63) is 41.6 Å². The van der Waals surface area contributed by atoms with Gasteiger partial charge in [0.2, 0.25) is 0 Å². The number of carbonyl (C=O) groups excluding carboxylic acids is 1. The van der Waals surface area contributed by atoms with E-state index in [0.717, 1.165) is 16.3 Å². The highest BCUT2D eigenvalue weighted by molar-refractivity contribution is 7.80. The number of aromatic nitrogens is 1. The summed E-state index contributed by atoms with van der Waals surface area (Å²) in [4.78, 5) is 17.4. The summed E-state index contributed by atoms with van der Waals surface area (Å²) in [7, 11) is 3.92. The first-order valence-electron chi connectivity index (χ1n) is 8.27. The molecular weight excluding hydrogens is 366 g/mol. The molecule has 9 heteroatoms. The van der Waals surface area contributed by atoms with Crippen LogP contribution in [0.15, 0.2) is 35.4 Å². The van der Waals surface area contributed by atoms with Crippen molar-refractivity contribution < 1.29 is 15.0 Å². The maximum atomic E-state index is 10.4. The second kappa shape index (κ2) is 10.5. The van der Waals surface area contributed by atoms with E-state index in [1.54, 1.807) is 12.3 Å². The highest BCUT2D eigenvalue weighted by atomic mass is 32.1. The number of nitrogens with zero attached hydrogens (tertiary/aromatic N) is 2. The number of rotatable bonds is 5. The first-order valence-corrected chi connectivity index (χ1v) is 8.72. The van der Waals surface area contributed by atoms with Crippen LogP contribution in [0.3, 0.4) is 0 Å². The molecule has 0 saturated carbocycles. The van der Waals surface area contributed by atoms with E-state index >= 15 is 0 Å². The molecule has 1 aromatic carbocycles. The molecule has 0 atom stereocenters. The molecule has 2 amide bonds. The Morgan fingerprint density at radius 3 is 2.41 bits per heavy atom. The molecule has 1 heterocycles. The number of nitrogens with one attached hydrogen (secondary N) is 2. The van der Waals surface area contributed by atoms with E-state index in [4.69, 9.17) is 5.73 Å². The van der Waals surface area contributed by atoms with E-state index in [1.807, 2.05) is 45.0 Å². The molecule has 6 N–H and O–H groups in total. The predicted octanol–water partition coefficient (Wildman–Crippen LogP) is 2.33. The van der Waals surface area contributed by atoms with Crippen LogP contribution in [0.4, 0.5) is 10.6 Å². The van der Waals surface area contributed by atoms with Gasteiger partial charge in [0.05, 0.1) is 0 Å². The maximum absolute atomic E-state index is 10.4. The van der Waals surface area contributed by atoms with Gasteiger partial charge in [0.25, 0.3) is 0 Å². The monoisotopic (exact) mass is 393 g/mol. The van der Waals surface area contributed by atoms with Gasteiger partial charge in [-0.1, -0.05) is 13.8 Å². The highest BCUT2D eigenvalue weighted by Crippen LogP contribution is 2.31. The molecular formula is C18H27N5O3S. The van der Waals surface area contributed by atoms with Gasteiger partial charge in [-0.25, -0.2) is 15.2 Å². The Morgan fingerprint density at radius 1 is 1.26 bits per heavy atom. The first-order chi connectivity index (χ1) is 12.6. The van der Waals surface area contributed by atoms with Gasteiger partial charge in [-0.2, -0.15) is 0 Å². The second-order valence-electron chi connectivity index (χ2n) is 6.31. The van der Waals surface area contributed by atoms with Crippen molar-refractivity contribution in [2.45, 2.75) is 31.2 Å². The average Bonchev–Trinajstić information content (AvgIpc) is 2.57. The summed E-state index contributed by atoms with van der Waals surface area (Å²) in [6, 6.07) is 6.13. The summed E-state index contributed by atoms with van der Waals surface area (Å²) in [5, 5.41) is 19.2. The minimum Gasteiger partial charge on any atom is -0.508 e. The fourth-order valence-corrected chi connectivity index (χ4v) is 2.25. The van der Waals surface area contributed by atoms with Crippen LogP contribution in [0.1, 0.15) is 30.9 Å². The number of phenols is 2. The lowest BCUT2D eigenvalue weighted by Gasteiger charge is -2.13. The van der Waals surface area contributed by atoms with Gasteiger partial charge >= 0.3 is 6.03 Å². The number of hydrazine groups is 1. The Kier molecular flexibility index (Phi) is 8.70. The van der Waals surface area contributed by atoms with Crippen molar-refractivity contribution in [3.8, 4) is 11.5 Å². The van der Waals surface area contributed by atoms with Crippen LogP contribution in [-0.2, 0) is 6.54 Å². The highest BCUT2D eigenvalue weighted by Gasteiger charge is 2.11. The van der Waals surface area contributed by atoms with Gasteiger partial charge < -0.3 is 20.8 Å². The molecule has 0 saturated heterocycles. The van der Waals surface area contributed by atoms with E-state index in [9.17, 15) is 15.0 Å². The van der Waals surface area contributed by atoms with Crippen molar-refractivity contribution in [1.29, 1.82) is 0 Å². The SMILES string of the molecule is CC(C)c1cc(CNNC(N)=O)c(O)cc1O.CN(C)c1ccc(S)cn1. The van der Waals surface area contributed by atoms with Gasteiger partial charge in [0.15, 0.2) is 0 Å². The number of benzene rings is 1. The molecule has 2 aromatic rings. The van der Waals surface area contributed by atoms with E-state index in [-0.39, 0.29) is 24.0 Å². The Morgan fingerprint density at radius 2 is 1.93 bits per heavy atom. The predicted molar refractivity (Wildman–Crippen MR) is 109 cm³/mol. The van der Waals surface area contributed by atoms with Crippen molar-refractivity contribution in [2.75, 3.05) is 19.0 Å². The number of anilines is 1. The third kappa shape index (κ3) is 7.63. The molecule has 148 valence electrons. The zero-order valence-corrected chi connectivity index (χ0v) is 16.8. The lowest BCUT2D eigenvalue weighted by molar-refractivity contribution is 0.244. The summed E-state index contributed by atoms with van der Waals surface area (Å²) >= 11 is 4.12. The second-order valence-corrected chi connectivity index (χ2v) is 6.82. The average molecular weight is 394 g/mol. The van der Waals surface area contributed by atoms with Crippen LogP contribution in [0.5, 0.6) is 11.5 Å². The number of carbonyl (C=O) groups is 1. The van der Waals surface area contributed by atoms with E-state index in [2.05, 4.69) is 28.5 Å². The Balaban J connectivity index is 0.000000309. The van der Waals surface area contributed by atoms with Crippen molar-refractivity contribution in [2.24, 2.45) is 5.73 Å². The largest absolute Gasteiger partial charge is 0.508 e. The molecule has 0 aliphatic carbocycles. The van der Waals surface area contributed by atoms with Crippen LogP contribution >= 0.6 is 12.6 Å². The fraction of sp³-hybridized carbons (Fsp3) is 0.333. The number of aromatic hydroxyl groups is 2. The maximum Gasteiger partial charge on any atom is 0.326 e. The Labute approximate surface area is 164 Å². The van der Waals surface area contributed by atoms with Crippen LogP contribution in [0.25, 0.3) is 0 Å². The van der Waals surface area contributed by atoms with Gasteiger partial charge in [-0.3, -0.25) is 5.43 Å². The van der Waals surface area contributed by atoms with Crippen molar-refractivity contribution in [1.82, 2.24) is 15.8 Å². The first kappa shape index (κ1) is 22.4. The van der Waals surface area contributed by atoms with E-state index in [1.165, 1.54) is 6.07 Å². The number of hydrogen-bond donors (Lipinski definition) is 6. The smallest absolute Gasteiger partial charge is 0.326 e. The molecule has 0 aliphatic heterocycles. The number of nitrogens with two attached hydrogens (primary N) is 1. The molecule has 27 heavy (non-hydrogen) atoms. The van der Waals surface area contributed by atoms with Gasteiger partial charge in [0, 0.05) is 43.4 Å². The van der Waals surface area contributed by atoms with Crippen LogP contribution in [-0.4, -0.2) is 35.3 Å². The number of hydrogen-bond acceptors (Lipinski definition) is 7.